The first kappa shape index (κ1) is 13.6. The second-order valence-electron chi connectivity index (χ2n) is 3.00. The first-order chi connectivity index (χ1) is 5.99. The summed E-state index contributed by atoms with van der Waals surface area (Å²) in [5.74, 6) is 0.456. The predicted molar refractivity (Wildman–Crippen MR) is 65.3 cm³/mol. The van der Waals surface area contributed by atoms with Gasteiger partial charge in [0, 0.05) is 18.4 Å². The van der Waals surface area contributed by atoms with Crippen molar-refractivity contribution in [3.63, 3.8) is 0 Å². The Morgan fingerprint density at radius 2 is 1.92 bits per heavy atom. The third-order valence-electron chi connectivity index (χ3n) is 2.04. The fraction of sp³-hybridized carbons (Fsp3) is 0.875. The van der Waals surface area contributed by atoms with Gasteiger partial charge >= 0.3 is 7.71 Å². The Morgan fingerprint density at radius 3 is 2.23 bits per heavy atom. The molecule has 0 aliphatic rings. The first-order valence-corrected chi connectivity index (χ1v) is 8.58. The summed E-state index contributed by atoms with van der Waals surface area (Å²) in [6, 6.07) is 0. The van der Waals surface area contributed by atoms with Gasteiger partial charge in [0.1, 0.15) is 0 Å². The molecule has 5 heteroatoms. The Kier molecular flexibility index (Phi) is 6.41. The summed E-state index contributed by atoms with van der Waals surface area (Å²) >= 11 is 6.90. The summed E-state index contributed by atoms with van der Waals surface area (Å²) < 4.78 is 11.7. The summed E-state index contributed by atoms with van der Waals surface area (Å²) in [6.45, 7) is 6.28. The third kappa shape index (κ3) is 4.55. The Hall–Kier alpha value is 0.577. The van der Waals surface area contributed by atoms with Crippen molar-refractivity contribution in [3.8, 4) is 0 Å². The Labute approximate surface area is 91.3 Å². The molecule has 2 nitrogen and oxygen atoms in total. The Morgan fingerprint density at radius 1 is 1.46 bits per heavy atom. The van der Waals surface area contributed by atoms with E-state index in [1.54, 1.807) is 25.4 Å². The van der Waals surface area contributed by atoms with Crippen molar-refractivity contribution in [2.45, 2.75) is 26.8 Å². The molecule has 0 aliphatic heterocycles. The van der Waals surface area contributed by atoms with Gasteiger partial charge in [-0.05, 0) is 18.9 Å². The van der Waals surface area contributed by atoms with Gasteiger partial charge in [-0.25, -0.2) is 0 Å². The molecule has 0 bridgehead atoms. The van der Waals surface area contributed by atoms with Crippen molar-refractivity contribution in [1.82, 2.24) is 0 Å². The Bertz CT molecular complexity index is 172. The van der Waals surface area contributed by atoms with E-state index in [2.05, 4.69) is 13.8 Å². The molecule has 1 atom stereocenters. The maximum absolute atomic E-state index is 5.34. The van der Waals surface area contributed by atoms with Gasteiger partial charge in [0.2, 0.25) is 0 Å². The van der Waals surface area contributed by atoms with Gasteiger partial charge in [-0.1, -0.05) is 37.3 Å². The van der Waals surface area contributed by atoms with Crippen LogP contribution in [0.25, 0.3) is 0 Å². The van der Waals surface area contributed by atoms with Crippen molar-refractivity contribution in [2.75, 3.05) is 14.2 Å². The molecular formula is C8H18O2S2Si. The molecule has 0 spiro atoms. The van der Waals surface area contributed by atoms with Crippen LogP contribution in [0.15, 0.2) is 0 Å². The molecule has 0 N–H and O–H groups in total. The molecule has 0 saturated heterocycles. The van der Waals surface area contributed by atoms with Gasteiger partial charge in [-0.2, -0.15) is 0 Å². The smallest absolute Gasteiger partial charge is 0.390 e. The van der Waals surface area contributed by atoms with Crippen molar-refractivity contribution < 1.29 is 8.85 Å². The van der Waals surface area contributed by atoms with E-state index in [0.29, 0.717) is 5.92 Å². The van der Waals surface area contributed by atoms with Gasteiger partial charge < -0.3 is 8.85 Å². The van der Waals surface area contributed by atoms with Crippen LogP contribution in [0.2, 0.25) is 6.55 Å². The summed E-state index contributed by atoms with van der Waals surface area (Å²) in [4.78, 5) is 0. The molecule has 0 aromatic rings. The second-order valence-corrected chi connectivity index (χ2v) is 9.72. The molecule has 0 aliphatic carbocycles. The lowest BCUT2D eigenvalue weighted by Crippen LogP contribution is -2.34. The van der Waals surface area contributed by atoms with E-state index in [1.165, 1.54) is 0 Å². The van der Waals surface area contributed by atoms with Crippen LogP contribution < -0.4 is 0 Å². The zero-order valence-electron chi connectivity index (χ0n) is 8.92. The van der Waals surface area contributed by atoms with Gasteiger partial charge in [0.05, 0.1) is 0 Å². The molecule has 0 aromatic heterocycles. The van der Waals surface area contributed by atoms with E-state index in [-0.39, 0.29) is 0 Å². The maximum Gasteiger partial charge on any atom is 0.407 e. The molecule has 0 aromatic carbocycles. The van der Waals surface area contributed by atoms with Gasteiger partial charge in [0.15, 0.2) is 0 Å². The standard InChI is InChI=1S/C8H18O2S2Si/c1-6-7(2)8(11)12-13(5,9-3)10-4/h7H,6H2,1-5H3. The molecule has 0 fully saturated rings. The van der Waals surface area contributed by atoms with E-state index >= 15 is 0 Å². The van der Waals surface area contributed by atoms with E-state index in [4.69, 9.17) is 21.1 Å². The lowest BCUT2D eigenvalue weighted by Gasteiger charge is -2.23. The number of hydrogen-bond acceptors (Lipinski definition) is 4. The predicted octanol–water partition coefficient (Wildman–Crippen LogP) is 2.95. The molecule has 13 heavy (non-hydrogen) atoms. The van der Waals surface area contributed by atoms with Crippen LogP contribution in [0.3, 0.4) is 0 Å². The molecule has 0 amide bonds. The molecular weight excluding hydrogens is 220 g/mol. The van der Waals surface area contributed by atoms with Gasteiger partial charge in [-0.3, -0.25) is 0 Å². The SMILES string of the molecule is CCC(C)C(=S)S[Si](C)(OC)OC. The second kappa shape index (κ2) is 6.13. The quantitative estimate of drug-likeness (QED) is 0.541. The Balaban J connectivity index is 4.17. The number of thiocarbonyl (C=S) groups is 1. The number of hydrogen-bond donors (Lipinski definition) is 0. The zero-order chi connectivity index (χ0) is 10.5. The molecule has 0 heterocycles. The van der Waals surface area contributed by atoms with Crippen LogP contribution in [-0.2, 0) is 8.85 Å². The zero-order valence-corrected chi connectivity index (χ0v) is 11.6. The monoisotopic (exact) mass is 238 g/mol. The highest BCUT2D eigenvalue weighted by Crippen LogP contribution is 2.27. The van der Waals surface area contributed by atoms with Crippen molar-refractivity contribution >= 4 is 35.3 Å². The fourth-order valence-electron chi connectivity index (χ4n) is 0.617. The average molecular weight is 238 g/mol. The van der Waals surface area contributed by atoms with Crippen LogP contribution in [0, 0.1) is 5.92 Å². The van der Waals surface area contributed by atoms with Crippen molar-refractivity contribution in [1.29, 1.82) is 0 Å². The van der Waals surface area contributed by atoms with Crippen LogP contribution in [0.5, 0.6) is 0 Å². The van der Waals surface area contributed by atoms with Crippen LogP contribution in [0.1, 0.15) is 20.3 Å². The summed E-state index contributed by atoms with van der Waals surface area (Å²) in [6.07, 6.45) is 1.07. The number of rotatable bonds is 5. The summed E-state index contributed by atoms with van der Waals surface area (Å²) in [5.41, 5.74) is 0. The summed E-state index contributed by atoms with van der Waals surface area (Å²) in [5, 5.41) is 0. The largest absolute Gasteiger partial charge is 0.407 e. The average Bonchev–Trinajstić information content (AvgIpc) is 2.16. The highest BCUT2D eigenvalue weighted by Gasteiger charge is 2.32. The topological polar surface area (TPSA) is 18.5 Å². The highest BCUT2D eigenvalue weighted by molar-refractivity contribution is 8.42. The van der Waals surface area contributed by atoms with E-state index in [0.717, 1.165) is 10.6 Å². The van der Waals surface area contributed by atoms with Gasteiger partial charge in [-0.15, -0.1) is 0 Å². The van der Waals surface area contributed by atoms with E-state index in [9.17, 15) is 0 Å². The minimum Gasteiger partial charge on any atom is -0.390 e. The van der Waals surface area contributed by atoms with Crippen LogP contribution >= 0.6 is 23.4 Å². The molecule has 0 rings (SSSR count). The van der Waals surface area contributed by atoms with Crippen molar-refractivity contribution in [3.05, 3.63) is 0 Å². The summed E-state index contributed by atoms with van der Waals surface area (Å²) in [7, 11) is 1.30. The lowest BCUT2D eigenvalue weighted by atomic mass is 10.2. The molecule has 0 saturated carbocycles. The van der Waals surface area contributed by atoms with Gasteiger partial charge in [0.25, 0.3) is 0 Å². The minimum atomic E-state index is -2.06. The van der Waals surface area contributed by atoms with Crippen molar-refractivity contribution in [2.24, 2.45) is 5.92 Å². The van der Waals surface area contributed by atoms with E-state index in [1.807, 2.05) is 6.55 Å². The highest BCUT2D eigenvalue weighted by atomic mass is 32.4. The van der Waals surface area contributed by atoms with Crippen LogP contribution in [-0.4, -0.2) is 26.1 Å². The first-order valence-electron chi connectivity index (χ1n) is 4.32. The third-order valence-corrected chi connectivity index (χ3v) is 8.37. The normalized spacial score (nSPS) is 14.2. The maximum atomic E-state index is 5.34. The minimum absolute atomic E-state index is 0.456. The van der Waals surface area contributed by atoms with E-state index < -0.39 is 7.71 Å². The lowest BCUT2D eigenvalue weighted by molar-refractivity contribution is 0.276. The van der Waals surface area contributed by atoms with Crippen LogP contribution in [0.4, 0.5) is 0 Å². The molecule has 0 radical (unpaired) electrons. The fourth-order valence-corrected chi connectivity index (χ4v) is 5.41. The molecule has 1 unspecified atom stereocenters. The molecule has 78 valence electrons.